The van der Waals surface area contributed by atoms with Gasteiger partial charge >= 0.3 is 34.2 Å². The van der Waals surface area contributed by atoms with Gasteiger partial charge < -0.3 is 47.3 Å². The van der Waals surface area contributed by atoms with Crippen molar-refractivity contribution in [1.82, 2.24) is 0 Å². The van der Waals surface area contributed by atoms with Crippen molar-refractivity contribution in [3.63, 3.8) is 0 Å². The standard InChI is InChI=1S/2CH2F4P2.4CN.2Pd/c2*2-6(3)1-7(4)5;4*1-2;;/h2*1H2;;;;;;/q;;4*-1;;/p+4. The summed E-state index contributed by atoms with van der Waals surface area (Å²) in [7, 11) is -14.6. The second-order valence-corrected chi connectivity index (χ2v) is 7.25. The van der Waals surface area contributed by atoms with E-state index in [1.54, 1.807) is 0 Å². The molecule has 0 aromatic rings. The minimum Gasteiger partial charge on any atom is -0.512 e. The van der Waals surface area contributed by atoms with Crippen LogP contribution in [-0.2, 0) is 40.8 Å². The summed E-state index contributed by atoms with van der Waals surface area (Å²) in [5.41, 5.74) is 0. The Labute approximate surface area is 167 Å². The Kier molecular flexibility index (Phi) is 117. The first-order valence-corrected chi connectivity index (χ1v) is 9.67. The molecular weight excluding hydrogens is 617 g/mol. The molecule has 0 unspecified atom stereocenters. The molecule has 0 aliphatic heterocycles. The number of hydrogen-bond donors (Lipinski definition) is 0. The van der Waals surface area contributed by atoms with E-state index in [1.807, 2.05) is 0 Å². The fourth-order valence-corrected chi connectivity index (χ4v) is 1.82. The van der Waals surface area contributed by atoms with Gasteiger partial charge in [0.05, 0.1) is 0 Å². The van der Waals surface area contributed by atoms with Gasteiger partial charge in [0.2, 0.25) is 0 Å². The van der Waals surface area contributed by atoms with Gasteiger partial charge in [-0.2, -0.15) is 0 Å². The topological polar surface area (TPSA) is 95.2 Å². The molecule has 4 nitrogen and oxygen atoms in total. The van der Waals surface area contributed by atoms with Crippen LogP contribution in [0.15, 0.2) is 0 Å². The molecule has 0 aliphatic carbocycles. The van der Waals surface area contributed by atoms with Gasteiger partial charge in [-0.05, 0) is 33.6 Å². The van der Waals surface area contributed by atoms with Crippen molar-refractivity contribution in [2.45, 2.75) is 0 Å². The molecule has 0 aromatic carbocycles. The van der Waals surface area contributed by atoms with Crippen molar-refractivity contribution in [3.05, 3.63) is 26.3 Å². The zero-order valence-corrected chi connectivity index (χ0v) is 18.0. The minimum atomic E-state index is -3.64. The average molecular weight is 625 g/mol. The number of nitrogens with zero attached hydrogens (tertiary/aromatic N) is 4. The first kappa shape index (κ1) is 49.7. The third-order valence-electron chi connectivity index (χ3n) is 0.535. The average Bonchev–Trinajstić information content (AvgIpc) is 2.45. The van der Waals surface area contributed by atoms with Crippen LogP contribution in [0.25, 0.3) is 0 Å². The van der Waals surface area contributed by atoms with Crippen LogP contribution < -0.4 is 0 Å². The second kappa shape index (κ2) is 56.6. The predicted octanol–water partition coefficient (Wildman–Crippen LogP) is 6.20. The molecule has 0 atom stereocenters. The summed E-state index contributed by atoms with van der Waals surface area (Å²) in [5, 5.41) is 25.0. The van der Waals surface area contributed by atoms with Crippen molar-refractivity contribution in [2.75, 3.05) is 11.8 Å². The Hall–Kier alpha value is 0.445. The fraction of sp³-hybridized carbons (Fsp3) is 0.333. The van der Waals surface area contributed by atoms with Gasteiger partial charge in [0, 0.05) is 40.8 Å². The van der Waals surface area contributed by atoms with Crippen molar-refractivity contribution >= 4 is 34.2 Å². The predicted molar refractivity (Wildman–Crippen MR) is 71.7 cm³/mol. The molecule has 0 bridgehead atoms. The smallest absolute Gasteiger partial charge is 0.418 e. The zero-order chi connectivity index (χ0) is 19.7. The number of hydrogen-bond acceptors (Lipinski definition) is 4. The quantitative estimate of drug-likeness (QED) is 0.161. The molecule has 0 amide bonds. The van der Waals surface area contributed by atoms with Gasteiger partial charge in [0.25, 0.3) is 11.8 Å². The molecule has 0 rings (SSSR count). The van der Waals surface area contributed by atoms with E-state index in [0.29, 0.717) is 0 Å². The summed E-state index contributed by atoms with van der Waals surface area (Å²) in [6.45, 7) is 19.0. The molecule has 0 spiro atoms. The van der Waals surface area contributed by atoms with Crippen molar-refractivity contribution < 1.29 is 74.4 Å². The maximum Gasteiger partial charge on any atom is 0.418 e. The third kappa shape index (κ3) is 145. The van der Waals surface area contributed by atoms with Crippen LogP contribution in [-0.4, -0.2) is 11.8 Å². The SMILES string of the molecule is F[PH+](F)C[PH+](F)F.F[PH+](F)C[PH+](F)F.[C-]#N.[C-]#N.[C-]#N.[C-]#N.[Pd].[Pd]. The Morgan fingerprint density at radius 1 is 0.417 bits per heavy atom. The molecule has 0 heterocycles. The molecule has 0 aliphatic rings. The molecular formula is C6H8F8N4P4Pd2. The number of halogens is 8. The van der Waals surface area contributed by atoms with Crippen molar-refractivity contribution in [1.29, 1.82) is 21.0 Å². The molecule has 0 fully saturated rings. The molecule has 0 saturated heterocycles. The Bertz CT molecular complexity index is 220. The third-order valence-corrected chi connectivity index (χ3v) is 4.81. The van der Waals surface area contributed by atoms with Crippen LogP contribution in [0.2, 0.25) is 0 Å². The molecule has 0 aromatic heterocycles. The van der Waals surface area contributed by atoms with Gasteiger partial charge in [0.1, 0.15) is 0 Å². The van der Waals surface area contributed by atoms with E-state index < -0.39 is 46.0 Å². The van der Waals surface area contributed by atoms with E-state index >= 15 is 0 Å². The van der Waals surface area contributed by atoms with E-state index in [1.165, 1.54) is 0 Å². The van der Waals surface area contributed by atoms with Gasteiger partial charge in [-0.25, -0.2) is 0 Å². The molecule has 0 N–H and O–H groups in total. The molecule has 0 saturated carbocycles. The van der Waals surface area contributed by atoms with Crippen molar-refractivity contribution in [3.8, 4) is 0 Å². The second-order valence-electron chi connectivity index (χ2n) is 1.71. The number of rotatable bonds is 4. The summed E-state index contributed by atoms with van der Waals surface area (Å²) in [6, 6.07) is 0. The zero-order valence-electron chi connectivity index (χ0n) is 10.9. The first-order chi connectivity index (χ1) is 10.3. The van der Waals surface area contributed by atoms with E-state index in [-0.39, 0.29) is 40.8 Å². The summed E-state index contributed by atoms with van der Waals surface area (Å²) < 4.78 is 87.5. The monoisotopic (exact) mass is 624 g/mol. The van der Waals surface area contributed by atoms with E-state index in [2.05, 4.69) is 0 Å². The van der Waals surface area contributed by atoms with Gasteiger partial charge in [-0.3, -0.25) is 0 Å². The Morgan fingerprint density at radius 3 is 0.500 bits per heavy atom. The van der Waals surface area contributed by atoms with E-state index in [9.17, 15) is 33.6 Å². The normalized spacial score (nSPS) is 6.83. The van der Waals surface area contributed by atoms with Gasteiger partial charge in [-0.15, -0.1) is 0 Å². The van der Waals surface area contributed by atoms with Gasteiger partial charge in [-0.1, -0.05) is 0 Å². The summed E-state index contributed by atoms with van der Waals surface area (Å²) in [6.07, 6.45) is 0. The molecule has 148 valence electrons. The van der Waals surface area contributed by atoms with Crippen LogP contribution in [0.4, 0.5) is 33.6 Å². The Morgan fingerprint density at radius 2 is 0.500 bits per heavy atom. The Balaban J connectivity index is -0.0000000237. The summed E-state index contributed by atoms with van der Waals surface area (Å²) in [4.78, 5) is 0. The molecule has 18 heteroatoms. The van der Waals surface area contributed by atoms with Crippen molar-refractivity contribution in [2.24, 2.45) is 0 Å². The van der Waals surface area contributed by atoms with E-state index in [4.69, 9.17) is 47.3 Å². The van der Waals surface area contributed by atoms with E-state index in [0.717, 1.165) is 0 Å². The maximum absolute atomic E-state index is 10.9. The van der Waals surface area contributed by atoms with Gasteiger partial charge in [0.15, 0.2) is 0 Å². The van der Waals surface area contributed by atoms with Crippen LogP contribution >= 0.6 is 34.2 Å². The van der Waals surface area contributed by atoms with Crippen LogP contribution in [0.5, 0.6) is 0 Å². The largest absolute Gasteiger partial charge is 0.512 e. The van der Waals surface area contributed by atoms with Crippen LogP contribution in [0.3, 0.4) is 0 Å². The molecule has 24 heavy (non-hydrogen) atoms. The molecule has 0 radical (unpaired) electrons. The minimum absolute atomic E-state index is 0. The first-order valence-electron chi connectivity index (χ1n) is 3.82. The fourth-order valence-electron chi connectivity index (χ4n) is 0.202. The summed E-state index contributed by atoms with van der Waals surface area (Å²) >= 11 is 0. The maximum atomic E-state index is 10.9. The summed E-state index contributed by atoms with van der Waals surface area (Å²) in [5.74, 6) is -2.20. The van der Waals surface area contributed by atoms with Crippen LogP contribution in [0.1, 0.15) is 0 Å². The van der Waals surface area contributed by atoms with Crippen LogP contribution in [0, 0.1) is 47.3 Å².